The Kier molecular flexibility index (Phi) is 9.68. The Balaban J connectivity index is 0.00000312. The van der Waals surface area contributed by atoms with Gasteiger partial charge in [-0.15, -0.1) is 12.4 Å². The second-order valence-electron chi connectivity index (χ2n) is 6.48. The molecule has 0 aliphatic carbocycles. The van der Waals surface area contributed by atoms with Gasteiger partial charge in [-0.3, -0.25) is 4.79 Å². The predicted molar refractivity (Wildman–Crippen MR) is 103 cm³/mol. The molecule has 142 valence electrons. The summed E-state index contributed by atoms with van der Waals surface area (Å²) in [6, 6.07) is 5.93. The van der Waals surface area contributed by atoms with Gasteiger partial charge in [0.05, 0.1) is 13.2 Å². The Labute approximate surface area is 157 Å². The van der Waals surface area contributed by atoms with Crippen LogP contribution in [0.3, 0.4) is 0 Å². The summed E-state index contributed by atoms with van der Waals surface area (Å²) < 4.78 is 11.3. The summed E-state index contributed by atoms with van der Waals surface area (Å²) in [4.78, 5) is 14.0. The van der Waals surface area contributed by atoms with Gasteiger partial charge in [-0.2, -0.15) is 0 Å². The molecule has 0 bridgehead atoms. The van der Waals surface area contributed by atoms with Crippen LogP contribution in [0.5, 0.6) is 11.5 Å². The highest BCUT2D eigenvalue weighted by atomic mass is 35.5. The lowest BCUT2D eigenvalue weighted by Crippen LogP contribution is -2.36. The van der Waals surface area contributed by atoms with Crippen molar-refractivity contribution in [3.63, 3.8) is 0 Å². The number of halogens is 1. The second-order valence-corrected chi connectivity index (χ2v) is 6.48. The third kappa shape index (κ3) is 6.75. The molecule has 0 spiro atoms. The van der Waals surface area contributed by atoms with Crippen molar-refractivity contribution in [2.24, 2.45) is 0 Å². The number of benzene rings is 1. The summed E-state index contributed by atoms with van der Waals surface area (Å²) >= 11 is 0. The van der Waals surface area contributed by atoms with Crippen molar-refractivity contribution in [2.45, 2.75) is 52.2 Å². The number of hydrogen-bond donors (Lipinski definition) is 1. The number of para-hydroxylation sites is 1. The number of likely N-dealkylation sites (tertiary alicyclic amines) is 1. The number of carbonyl (C=O) groups is 1. The highest BCUT2D eigenvalue weighted by Crippen LogP contribution is 2.31. The molecular formula is C19H31ClN2O3. The van der Waals surface area contributed by atoms with Gasteiger partial charge in [0.15, 0.2) is 11.5 Å². The zero-order valence-electron chi connectivity index (χ0n) is 15.5. The van der Waals surface area contributed by atoms with Crippen molar-refractivity contribution in [3.8, 4) is 11.5 Å². The first-order valence-corrected chi connectivity index (χ1v) is 8.93. The first kappa shape index (κ1) is 21.6. The molecule has 1 aromatic rings. The smallest absolute Gasteiger partial charge is 0.222 e. The summed E-state index contributed by atoms with van der Waals surface area (Å²) in [5, 5.41) is 3.43. The first-order chi connectivity index (χ1) is 11.6. The SMILES string of the molecule is COc1cccc(CNCCN2CCCCCC2=O)c1OC(C)C.Cl. The maximum absolute atomic E-state index is 12.0. The van der Waals surface area contributed by atoms with Gasteiger partial charge in [-0.05, 0) is 32.8 Å². The fraction of sp³-hybridized carbons (Fsp3) is 0.632. The van der Waals surface area contributed by atoms with E-state index < -0.39 is 0 Å². The molecule has 1 aliphatic heterocycles. The van der Waals surface area contributed by atoms with Crippen molar-refractivity contribution >= 4 is 18.3 Å². The fourth-order valence-corrected chi connectivity index (χ4v) is 2.94. The summed E-state index contributed by atoms with van der Waals surface area (Å²) in [6.45, 7) is 7.15. The van der Waals surface area contributed by atoms with Crippen molar-refractivity contribution < 1.29 is 14.3 Å². The largest absolute Gasteiger partial charge is 0.493 e. The topological polar surface area (TPSA) is 50.8 Å². The molecular weight excluding hydrogens is 340 g/mol. The minimum atomic E-state index is 0. The highest BCUT2D eigenvalue weighted by Gasteiger charge is 2.16. The average Bonchev–Trinajstić information content (AvgIpc) is 2.76. The predicted octanol–water partition coefficient (Wildman–Crippen LogP) is 3.40. The molecule has 0 unspecified atom stereocenters. The van der Waals surface area contributed by atoms with E-state index in [-0.39, 0.29) is 18.5 Å². The lowest BCUT2D eigenvalue weighted by atomic mass is 10.1. The van der Waals surface area contributed by atoms with Crippen LogP contribution in [0.2, 0.25) is 0 Å². The first-order valence-electron chi connectivity index (χ1n) is 8.93. The van der Waals surface area contributed by atoms with Crippen LogP contribution < -0.4 is 14.8 Å². The Hall–Kier alpha value is -1.46. The molecule has 1 aromatic carbocycles. The second kappa shape index (κ2) is 11.2. The molecule has 25 heavy (non-hydrogen) atoms. The van der Waals surface area contributed by atoms with Gasteiger partial charge < -0.3 is 19.7 Å². The molecule has 1 N–H and O–H groups in total. The highest BCUT2D eigenvalue weighted by molar-refractivity contribution is 5.85. The minimum absolute atomic E-state index is 0. The molecule has 0 atom stereocenters. The standard InChI is InChI=1S/C19H30N2O3.ClH/c1-15(2)24-19-16(8-7-9-17(19)23-3)14-20-11-13-21-12-6-4-5-10-18(21)22;/h7-9,15,20H,4-6,10-14H2,1-3H3;1H. The Bertz CT molecular complexity index is 537. The van der Waals surface area contributed by atoms with Gasteiger partial charge >= 0.3 is 0 Å². The summed E-state index contributed by atoms with van der Waals surface area (Å²) in [6.07, 6.45) is 4.10. The van der Waals surface area contributed by atoms with E-state index in [1.165, 1.54) is 0 Å². The third-order valence-corrected chi connectivity index (χ3v) is 4.18. The van der Waals surface area contributed by atoms with Gasteiger partial charge in [-0.25, -0.2) is 0 Å². The van der Waals surface area contributed by atoms with Crippen molar-refractivity contribution in [3.05, 3.63) is 23.8 Å². The molecule has 1 amide bonds. The van der Waals surface area contributed by atoms with Crippen LogP contribution in [0.1, 0.15) is 45.1 Å². The van der Waals surface area contributed by atoms with Crippen molar-refractivity contribution in [1.29, 1.82) is 0 Å². The number of rotatable bonds is 8. The Morgan fingerprint density at radius 3 is 2.76 bits per heavy atom. The van der Waals surface area contributed by atoms with E-state index in [4.69, 9.17) is 9.47 Å². The molecule has 6 heteroatoms. The van der Waals surface area contributed by atoms with E-state index in [2.05, 4.69) is 5.32 Å². The number of amides is 1. The van der Waals surface area contributed by atoms with Crippen LogP contribution >= 0.6 is 12.4 Å². The van der Waals surface area contributed by atoms with E-state index in [0.29, 0.717) is 18.9 Å². The Morgan fingerprint density at radius 2 is 2.04 bits per heavy atom. The normalized spacial score (nSPS) is 14.9. The summed E-state index contributed by atoms with van der Waals surface area (Å²) in [5.74, 6) is 1.85. The Morgan fingerprint density at radius 1 is 1.24 bits per heavy atom. The number of nitrogens with one attached hydrogen (secondary N) is 1. The quantitative estimate of drug-likeness (QED) is 0.712. The maximum atomic E-state index is 12.0. The van der Waals surface area contributed by atoms with Gasteiger partial charge in [0.1, 0.15) is 0 Å². The van der Waals surface area contributed by atoms with Crippen LogP contribution in [0.15, 0.2) is 18.2 Å². The monoisotopic (exact) mass is 370 g/mol. The molecule has 0 radical (unpaired) electrons. The van der Waals surface area contributed by atoms with E-state index in [9.17, 15) is 4.79 Å². The molecule has 2 rings (SSSR count). The molecule has 1 heterocycles. The van der Waals surface area contributed by atoms with Gasteiger partial charge in [-0.1, -0.05) is 18.6 Å². The van der Waals surface area contributed by atoms with E-state index in [1.807, 2.05) is 36.9 Å². The molecule has 0 aromatic heterocycles. The van der Waals surface area contributed by atoms with Crippen LogP contribution in [-0.2, 0) is 11.3 Å². The van der Waals surface area contributed by atoms with Crippen molar-refractivity contribution in [2.75, 3.05) is 26.7 Å². The molecule has 1 saturated heterocycles. The number of methoxy groups -OCH3 is 1. The lowest BCUT2D eigenvalue weighted by Gasteiger charge is -2.21. The van der Waals surface area contributed by atoms with Crippen LogP contribution in [0, 0.1) is 0 Å². The fourth-order valence-electron chi connectivity index (χ4n) is 2.94. The summed E-state index contributed by atoms with van der Waals surface area (Å²) in [7, 11) is 1.66. The number of nitrogens with zero attached hydrogens (tertiary/aromatic N) is 1. The third-order valence-electron chi connectivity index (χ3n) is 4.18. The van der Waals surface area contributed by atoms with Gasteiger partial charge in [0, 0.05) is 38.2 Å². The zero-order chi connectivity index (χ0) is 17.4. The number of carbonyl (C=O) groups excluding carboxylic acids is 1. The van der Waals surface area contributed by atoms with E-state index in [0.717, 1.165) is 56.0 Å². The van der Waals surface area contributed by atoms with Crippen molar-refractivity contribution in [1.82, 2.24) is 10.2 Å². The van der Waals surface area contributed by atoms with E-state index >= 15 is 0 Å². The maximum Gasteiger partial charge on any atom is 0.222 e. The molecule has 0 saturated carbocycles. The van der Waals surface area contributed by atoms with Crippen LogP contribution in [0.4, 0.5) is 0 Å². The number of ether oxygens (including phenoxy) is 2. The van der Waals surface area contributed by atoms with Gasteiger partial charge in [0.25, 0.3) is 0 Å². The number of hydrogen-bond acceptors (Lipinski definition) is 4. The zero-order valence-corrected chi connectivity index (χ0v) is 16.4. The molecule has 1 fully saturated rings. The van der Waals surface area contributed by atoms with Crippen LogP contribution in [0.25, 0.3) is 0 Å². The molecule has 1 aliphatic rings. The summed E-state index contributed by atoms with van der Waals surface area (Å²) in [5.41, 5.74) is 1.07. The van der Waals surface area contributed by atoms with Crippen LogP contribution in [-0.4, -0.2) is 43.7 Å². The average molecular weight is 371 g/mol. The van der Waals surface area contributed by atoms with Gasteiger partial charge in [0.2, 0.25) is 5.91 Å². The lowest BCUT2D eigenvalue weighted by molar-refractivity contribution is -0.130. The minimum Gasteiger partial charge on any atom is -0.493 e. The molecule has 5 nitrogen and oxygen atoms in total. The van der Waals surface area contributed by atoms with E-state index in [1.54, 1.807) is 7.11 Å².